The minimum Gasteiger partial charge on any atom is -0.477 e. The van der Waals surface area contributed by atoms with E-state index in [-0.39, 0.29) is 47.4 Å². The Kier molecular flexibility index (Phi) is 6.97. The van der Waals surface area contributed by atoms with Crippen LogP contribution in [0.3, 0.4) is 0 Å². The lowest BCUT2D eigenvalue weighted by Crippen LogP contribution is -2.29. The van der Waals surface area contributed by atoms with Gasteiger partial charge in [-0.05, 0) is 50.3 Å². The van der Waals surface area contributed by atoms with Crippen molar-refractivity contribution in [1.29, 1.82) is 0 Å². The zero-order chi connectivity index (χ0) is 27.0. The third-order valence-corrected chi connectivity index (χ3v) is 5.48. The van der Waals surface area contributed by atoms with E-state index in [0.29, 0.717) is 5.56 Å². The first-order chi connectivity index (χ1) is 17.3. The van der Waals surface area contributed by atoms with Crippen molar-refractivity contribution in [3.63, 3.8) is 0 Å². The van der Waals surface area contributed by atoms with E-state index in [1.165, 1.54) is 19.9 Å². The molecule has 9 nitrogen and oxygen atoms in total. The minimum atomic E-state index is -4.74. The number of aromatic nitrogens is 5. The highest BCUT2D eigenvalue weighted by molar-refractivity contribution is 5.89. The fourth-order valence-corrected chi connectivity index (χ4v) is 3.46. The Hall–Kier alpha value is -3.91. The lowest BCUT2D eigenvalue weighted by atomic mass is 10.0. The average Bonchev–Trinajstić information content (AvgIpc) is 3.55. The quantitative estimate of drug-likeness (QED) is 0.370. The van der Waals surface area contributed by atoms with Gasteiger partial charge >= 0.3 is 18.4 Å². The number of aromatic amines is 1. The second-order valence-electron chi connectivity index (χ2n) is 8.57. The summed E-state index contributed by atoms with van der Waals surface area (Å²) in [5, 5.41) is 18.0. The number of anilines is 1. The summed E-state index contributed by atoms with van der Waals surface area (Å²) in [6.07, 6.45) is -6.61. The molecule has 0 radical (unpaired) electrons. The number of hydrogen-bond donors (Lipinski definition) is 3. The summed E-state index contributed by atoms with van der Waals surface area (Å²) in [4.78, 5) is 15.9. The number of alkyl halides is 6. The van der Waals surface area contributed by atoms with Gasteiger partial charge in [0, 0.05) is 5.69 Å². The van der Waals surface area contributed by atoms with Gasteiger partial charge in [0.15, 0.2) is 5.69 Å². The third-order valence-electron chi connectivity index (χ3n) is 5.48. The first-order valence-electron chi connectivity index (χ1n) is 11.0. The number of rotatable bonds is 7. The van der Waals surface area contributed by atoms with Crippen LogP contribution in [0.4, 0.5) is 36.8 Å². The molecule has 2 amide bonds. The van der Waals surface area contributed by atoms with Gasteiger partial charge in [-0.3, -0.25) is 5.10 Å². The van der Waals surface area contributed by atoms with Crippen molar-refractivity contribution in [3.05, 3.63) is 46.5 Å². The van der Waals surface area contributed by atoms with Crippen molar-refractivity contribution >= 4 is 11.7 Å². The van der Waals surface area contributed by atoms with E-state index in [0.717, 1.165) is 25.1 Å². The van der Waals surface area contributed by atoms with Crippen LogP contribution in [0.1, 0.15) is 41.1 Å². The zero-order valence-electron chi connectivity index (χ0n) is 19.5. The maximum atomic E-state index is 13.4. The Morgan fingerprint density at radius 2 is 1.84 bits per heavy atom. The summed E-state index contributed by atoms with van der Waals surface area (Å²) in [5.74, 6) is -0.333. The molecule has 3 heterocycles. The van der Waals surface area contributed by atoms with Gasteiger partial charge in [0.25, 0.3) is 0 Å². The molecule has 1 fully saturated rings. The average molecular weight is 529 g/mol. The van der Waals surface area contributed by atoms with Crippen LogP contribution in [0.2, 0.25) is 0 Å². The van der Waals surface area contributed by atoms with Crippen LogP contribution >= 0.6 is 0 Å². The summed E-state index contributed by atoms with van der Waals surface area (Å²) < 4.78 is 85.3. The predicted octanol–water partition coefficient (Wildman–Crippen LogP) is 5.03. The number of pyridine rings is 1. The fraction of sp³-hybridized carbons (Fsp3) is 0.409. The standard InChI is InChI=1S/C22H21F6N7O2/c1-10-5-14(33-34-17(10)16-11(2)32-35-18(16)22(26,27)28)8-30-20(36)31-13-6-15(21(23,24)25)19(29-7-13)37-9-12-3-4-12/h5-7,12H,3-4,8-9H2,1-2H3,(H,32,35)(H2,30,31,36). The van der Waals surface area contributed by atoms with E-state index in [2.05, 4.69) is 36.0 Å². The van der Waals surface area contributed by atoms with Gasteiger partial charge < -0.3 is 15.4 Å². The molecule has 0 aliphatic heterocycles. The molecule has 0 bridgehead atoms. The second-order valence-corrected chi connectivity index (χ2v) is 8.57. The lowest BCUT2D eigenvalue weighted by molar-refractivity contribution is -0.141. The number of amides is 2. The van der Waals surface area contributed by atoms with E-state index in [1.54, 1.807) is 0 Å². The number of nitrogens with one attached hydrogen (secondary N) is 3. The number of carbonyl (C=O) groups is 1. The maximum Gasteiger partial charge on any atom is 0.435 e. The molecule has 4 rings (SSSR count). The Morgan fingerprint density at radius 3 is 2.46 bits per heavy atom. The van der Waals surface area contributed by atoms with Crippen LogP contribution < -0.4 is 15.4 Å². The van der Waals surface area contributed by atoms with E-state index < -0.39 is 35.5 Å². The number of H-pyrrole nitrogens is 1. The smallest absolute Gasteiger partial charge is 0.435 e. The molecule has 1 saturated carbocycles. The molecule has 37 heavy (non-hydrogen) atoms. The summed E-state index contributed by atoms with van der Waals surface area (Å²) in [5.41, 5.74) is -1.98. The highest BCUT2D eigenvalue weighted by Gasteiger charge is 2.39. The molecule has 1 aliphatic rings. The van der Waals surface area contributed by atoms with Crippen molar-refractivity contribution in [2.24, 2.45) is 5.92 Å². The summed E-state index contributed by atoms with van der Waals surface area (Å²) >= 11 is 0. The van der Waals surface area contributed by atoms with Crippen molar-refractivity contribution < 1.29 is 35.9 Å². The largest absolute Gasteiger partial charge is 0.477 e. The van der Waals surface area contributed by atoms with E-state index >= 15 is 0 Å². The molecule has 1 aliphatic carbocycles. The maximum absolute atomic E-state index is 13.4. The number of nitrogens with zero attached hydrogens (tertiary/aromatic N) is 4. The molecule has 0 unspecified atom stereocenters. The topological polar surface area (TPSA) is 118 Å². The van der Waals surface area contributed by atoms with Crippen LogP contribution in [0.25, 0.3) is 11.3 Å². The van der Waals surface area contributed by atoms with E-state index in [9.17, 15) is 31.1 Å². The molecule has 198 valence electrons. The van der Waals surface area contributed by atoms with Crippen LogP contribution in [0.15, 0.2) is 18.3 Å². The monoisotopic (exact) mass is 529 g/mol. The number of urea groups is 1. The molecule has 3 N–H and O–H groups in total. The Balaban J connectivity index is 1.42. The van der Waals surface area contributed by atoms with E-state index in [1.807, 2.05) is 0 Å². The molecule has 0 spiro atoms. The van der Waals surface area contributed by atoms with Gasteiger partial charge in [0.1, 0.15) is 5.56 Å². The van der Waals surface area contributed by atoms with Crippen molar-refractivity contribution in [2.45, 2.75) is 45.6 Å². The molecular weight excluding hydrogens is 508 g/mol. The van der Waals surface area contributed by atoms with Gasteiger partial charge in [-0.1, -0.05) is 0 Å². The van der Waals surface area contributed by atoms with Crippen LogP contribution in [-0.4, -0.2) is 38.0 Å². The minimum absolute atomic E-state index is 0.0264. The van der Waals surface area contributed by atoms with Crippen molar-refractivity contribution in [3.8, 4) is 17.1 Å². The van der Waals surface area contributed by atoms with Gasteiger partial charge in [0.05, 0.1) is 42.0 Å². The Labute approximate surface area is 206 Å². The summed E-state index contributed by atoms with van der Waals surface area (Å²) in [6.45, 7) is 2.89. The number of aryl methyl sites for hydroxylation is 2. The number of halogens is 6. The lowest BCUT2D eigenvalue weighted by Gasteiger charge is -2.15. The number of ether oxygens (including phenoxy) is 1. The number of carbonyl (C=O) groups excluding carboxylic acids is 1. The van der Waals surface area contributed by atoms with Gasteiger partial charge in [0.2, 0.25) is 5.88 Å². The van der Waals surface area contributed by atoms with Gasteiger partial charge in [-0.15, -0.1) is 5.10 Å². The normalized spacial score (nSPS) is 13.9. The molecule has 0 saturated heterocycles. The zero-order valence-corrected chi connectivity index (χ0v) is 19.5. The second kappa shape index (κ2) is 9.86. The Bertz CT molecular complexity index is 1300. The summed E-state index contributed by atoms with van der Waals surface area (Å²) in [6, 6.07) is 1.30. The molecule has 0 atom stereocenters. The number of hydrogen-bond acceptors (Lipinski definition) is 6. The van der Waals surface area contributed by atoms with Crippen LogP contribution in [0, 0.1) is 19.8 Å². The molecule has 3 aromatic heterocycles. The third kappa shape index (κ3) is 6.27. The summed E-state index contributed by atoms with van der Waals surface area (Å²) in [7, 11) is 0. The predicted molar refractivity (Wildman–Crippen MR) is 117 cm³/mol. The van der Waals surface area contributed by atoms with Gasteiger partial charge in [-0.2, -0.15) is 36.5 Å². The first kappa shape index (κ1) is 26.2. The molecule has 0 aromatic carbocycles. The van der Waals surface area contributed by atoms with Crippen molar-refractivity contribution in [2.75, 3.05) is 11.9 Å². The molecule has 15 heteroatoms. The van der Waals surface area contributed by atoms with Crippen molar-refractivity contribution in [1.82, 2.24) is 30.7 Å². The highest BCUT2D eigenvalue weighted by atomic mass is 19.4. The fourth-order valence-electron chi connectivity index (χ4n) is 3.46. The van der Waals surface area contributed by atoms with E-state index in [4.69, 9.17) is 4.74 Å². The first-order valence-corrected chi connectivity index (χ1v) is 11.0. The van der Waals surface area contributed by atoms with Gasteiger partial charge in [-0.25, -0.2) is 9.78 Å². The van der Waals surface area contributed by atoms with Crippen LogP contribution in [-0.2, 0) is 18.9 Å². The molecule has 3 aromatic rings. The Morgan fingerprint density at radius 1 is 1.11 bits per heavy atom. The SMILES string of the molecule is Cc1cc(CNC(=O)Nc2cnc(OCC3CC3)c(C(F)(F)F)c2)nnc1-c1c(C(F)(F)F)n[nH]c1C. The molecular formula is C22H21F6N7O2. The van der Waals surface area contributed by atoms with Crippen LogP contribution in [0.5, 0.6) is 5.88 Å². The highest BCUT2D eigenvalue weighted by Crippen LogP contribution is 2.39.